The van der Waals surface area contributed by atoms with Gasteiger partial charge in [0.05, 0.1) is 38.1 Å². The highest BCUT2D eigenvalue weighted by Crippen LogP contribution is 2.70. The molecular formula is C45H72O17. The van der Waals surface area contributed by atoms with Gasteiger partial charge in [-0.2, -0.15) is 0 Å². The summed E-state index contributed by atoms with van der Waals surface area (Å²) in [5, 5.41) is 95.7. The maximum atomic E-state index is 12.0. The van der Waals surface area contributed by atoms with Crippen LogP contribution in [0.1, 0.15) is 92.4 Å². The fourth-order valence-corrected chi connectivity index (χ4v) is 14.0. The number of aliphatic hydroxyl groups excluding tert-OH is 9. The van der Waals surface area contributed by atoms with E-state index in [1.807, 2.05) is 0 Å². The van der Waals surface area contributed by atoms with E-state index in [4.69, 9.17) is 37.9 Å². The van der Waals surface area contributed by atoms with Gasteiger partial charge in [-0.25, -0.2) is 0 Å². The van der Waals surface area contributed by atoms with Crippen molar-refractivity contribution in [2.45, 2.75) is 203 Å². The van der Waals surface area contributed by atoms with Gasteiger partial charge in [0, 0.05) is 12.3 Å². The lowest BCUT2D eigenvalue weighted by molar-refractivity contribution is -0.389. The fraction of sp³-hybridized carbons (Fsp3) is 0.956. The second kappa shape index (κ2) is 17.3. The zero-order valence-corrected chi connectivity index (χ0v) is 36.6. The quantitative estimate of drug-likeness (QED) is 0.148. The van der Waals surface area contributed by atoms with Crippen molar-refractivity contribution in [1.29, 1.82) is 0 Å². The lowest BCUT2D eigenvalue weighted by Crippen LogP contribution is -2.67. The topological polar surface area (TPSA) is 256 Å². The molecule has 0 bridgehead atoms. The molecule has 9 rings (SSSR count). The van der Waals surface area contributed by atoms with Crippen molar-refractivity contribution < 1.29 is 83.9 Å². The molecule has 354 valence electrons. The summed E-state index contributed by atoms with van der Waals surface area (Å²) >= 11 is 0. The number of allylic oxidation sites excluding steroid dienone is 1. The van der Waals surface area contributed by atoms with Gasteiger partial charge in [-0.1, -0.05) is 39.3 Å². The smallest absolute Gasteiger partial charge is 0.187 e. The van der Waals surface area contributed by atoms with Crippen LogP contribution in [0.15, 0.2) is 11.6 Å². The van der Waals surface area contributed by atoms with E-state index in [2.05, 4.69) is 33.8 Å². The first-order valence-electron chi connectivity index (χ1n) is 23.4. The molecule has 62 heavy (non-hydrogen) atoms. The van der Waals surface area contributed by atoms with Crippen LogP contribution >= 0.6 is 0 Å². The van der Waals surface area contributed by atoms with Crippen molar-refractivity contribution >= 4 is 0 Å². The molecule has 0 aromatic rings. The van der Waals surface area contributed by atoms with Gasteiger partial charge in [-0.15, -0.1) is 0 Å². The first-order chi connectivity index (χ1) is 29.4. The number of hydrogen-bond acceptors (Lipinski definition) is 17. The molecule has 9 aliphatic rings. The Hall–Kier alpha value is -0.940. The first-order valence-corrected chi connectivity index (χ1v) is 23.4. The van der Waals surface area contributed by atoms with E-state index in [-0.39, 0.29) is 23.0 Å². The molecule has 1 spiro atoms. The van der Waals surface area contributed by atoms with E-state index >= 15 is 0 Å². The summed E-state index contributed by atoms with van der Waals surface area (Å²) in [4.78, 5) is 0. The summed E-state index contributed by atoms with van der Waals surface area (Å²) in [5.74, 6) is 2.56. The molecule has 1 unspecified atom stereocenters. The van der Waals surface area contributed by atoms with Gasteiger partial charge in [-0.3, -0.25) is 0 Å². The first kappa shape index (κ1) is 46.2. The normalized spacial score (nSPS) is 57.6. The summed E-state index contributed by atoms with van der Waals surface area (Å²) in [6, 6.07) is 0. The highest BCUT2D eigenvalue weighted by Gasteiger charge is 2.69. The molecule has 8 fully saturated rings. The van der Waals surface area contributed by atoms with Crippen LogP contribution in [0.3, 0.4) is 0 Å². The zero-order chi connectivity index (χ0) is 44.2. The van der Waals surface area contributed by atoms with Crippen LogP contribution in [0.25, 0.3) is 0 Å². The zero-order valence-electron chi connectivity index (χ0n) is 36.6. The second-order valence-corrected chi connectivity index (χ2v) is 21.1. The predicted octanol–water partition coefficient (Wildman–Crippen LogP) is 0.214. The lowest BCUT2D eigenvalue weighted by atomic mass is 9.47. The van der Waals surface area contributed by atoms with E-state index in [1.165, 1.54) is 12.5 Å². The van der Waals surface area contributed by atoms with E-state index < -0.39 is 111 Å². The molecular weight excluding hydrogens is 812 g/mol. The maximum Gasteiger partial charge on any atom is 0.187 e. The number of aliphatic hydroxyl groups is 9. The van der Waals surface area contributed by atoms with Crippen LogP contribution in [0.5, 0.6) is 0 Å². The Bertz CT molecular complexity index is 1610. The van der Waals surface area contributed by atoms with Gasteiger partial charge in [0.1, 0.15) is 67.1 Å². The SMILES string of the molecule is CC1CC[C@@]2(OC1)O[C@H]1C[C@H]3[C@@H]4CC=C5C[C@@H](O[C@@H]6O[C@H](CO)[C@@H](O[C@@H]7O[C@H](CO)[C@@H](O)[C@H](O)[C@H]7O)[C@H](O)[C@H]6O[C@@H]6O[C@@H](C)[C@H](O)[C@@H](O)[C@H]6O)CC[C@]5(C)[C@H]4CC[C@]3(C)[C@H]1[C@H]2C. The average molecular weight is 885 g/mol. The molecule has 17 nitrogen and oxygen atoms in total. The molecule has 4 aliphatic carbocycles. The lowest BCUT2D eigenvalue weighted by Gasteiger charge is -2.58. The molecule has 0 radical (unpaired) electrons. The van der Waals surface area contributed by atoms with Crippen LogP contribution in [-0.4, -0.2) is 176 Å². The third-order valence-corrected chi connectivity index (χ3v) is 17.7. The maximum absolute atomic E-state index is 12.0. The number of ether oxygens (including phenoxy) is 8. The standard InChI is InChI=1S/C45H72O17/c1-19-8-13-45(55-18-19)20(2)30-27(62-45)15-26-24-7-6-22-14-23(9-11-43(22,4)25(24)10-12-44(26,30)5)57-42-39(61-40-35(52)33(50)31(48)21(3)56-40)37(54)38(29(17-47)59-42)60-41-36(53)34(51)32(49)28(16-46)58-41/h6,19-21,23-42,46-54H,7-18H2,1-5H3/t19?,20-,21+,23+,24-,25+,26+,27+,28-,29-,30+,31+,32-,33-,34+,35-,36-,37+,38-,39-,40+,41+,42-,43+,44+,45-/m1/s1. The van der Waals surface area contributed by atoms with E-state index in [0.29, 0.717) is 48.3 Å². The Kier molecular flexibility index (Phi) is 12.9. The van der Waals surface area contributed by atoms with Gasteiger partial charge in [0.25, 0.3) is 0 Å². The molecule has 5 aliphatic heterocycles. The van der Waals surface area contributed by atoms with Gasteiger partial charge >= 0.3 is 0 Å². The van der Waals surface area contributed by atoms with Gasteiger partial charge in [0.2, 0.25) is 0 Å². The molecule has 5 heterocycles. The third kappa shape index (κ3) is 7.49. The largest absolute Gasteiger partial charge is 0.394 e. The van der Waals surface area contributed by atoms with Crippen molar-refractivity contribution in [3.05, 3.63) is 11.6 Å². The molecule has 5 saturated heterocycles. The fourth-order valence-electron chi connectivity index (χ4n) is 14.0. The van der Waals surface area contributed by atoms with Gasteiger partial charge < -0.3 is 83.9 Å². The highest BCUT2D eigenvalue weighted by atomic mass is 16.8. The second-order valence-electron chi connectivity index (χ2n) is 21.1. The highest BCUT2D eigenvalue weighted by molar-refractivity contribution is 5.26. The number of hydrogen-bond donors (Lipinski definition) is 9. The van der Waals surface area contributed by atoms with Crippen LogP contribution in [0.4, 0.5) is 0 Å². The third-order valence-electron chi connectivity index (χ3n) is 17.7. The van der Waals surface area contributed by atoms with Gasteiger partial charge in [-0.05, 0) is 98.7 Å². The molecule has 0 amide bonds. The van der Waals surface area contributed by atoms with Gasteiger partial charge in [0.15, 0.2) is 24.7 Å². The molecule has 3 saturated carbocycles. The minimum Gasteiger partial charge on any atom is -0.394 e. The summed E-state index contributed by atoms with van der Waals surface area (Å²) in [5.41, 5.74) is 1.48. The molecule has 17 heteroatoms. The van der Waals surface area contributed by atoms with Crippen LogP contribution < -0.4 is 0 Å². The van der Waals surface area contributed by atoms with Crippen molar-refractivity contribution in [3.8, 4) is 0 Å². The molecule has 0 aromatic carbocycles. The summed E-state index contributed by atoms with van der Waals surface area (Å²) < 4.78 is 49.9. The van der Waals surface area contributed by atoms with E-state index in [1.54, 1.807) is 0 Å². The predicted molar refractivity (Wildman–Crippen MR) is 214 cm³/mol. The molecule has 26 atom stereocenters. The van der Waals surface area contributed by atoms with Crippen LogP contribution in [0.2, 0.25) is 0 Å². The van der Waals surface area contributed by atoms with E-state index in [9.17, 15) is 46.0 Å². The Balaban J connectivity index is 0.917. The Morgan fingerprint density at radius 2 is 1.35 bits per heavy atom. The molecule has 9 N–H and O–H groups in total. The number of fused-ring (bicyclic) bond motifs is 7. The average Bonchev–Trinajstić information content (AvgIpc) is 3.70. The Labute approximate surface area is 363 Å². The Morgan fingerprint density at radius 3 is 2.05 bits per heavy atom. The minimum absolute atomic E-state index is 0.0356. The monoisotopic (exact) mass is 884 g/mol. The van der Waals surface area contributed by atoms with Crippen molar-refractivity contribution in [3.63, 3.8) is 0 Å². The number of rotatable bonds is 8. The summed E-state index contributed by atoms with van der Waals surface area (Å²) in [7, 11) is 0. The van der Waals surface area contributed by atoms with Crippen LogP contribution in [-0.2, 0) is 37.9 Å². The Morgan fingerprint density at radius 1 is 0.677 bits per heavy atom. The van der Waals surface area contributed by atoms with Crippen LogP contribution in [0, 0.1) is 46.3 Å². The van der Waals surface area contributed by atoms with E-state index in [0.717, 1.165) is 51.6 Å². The van der Waals surface area contributed by atoms with Crippen molar-refractivity contribution in [2.24, 2.45) is 46.3 Å². The van der Waals surface area contributed by atoms with Crippen molar-refractivity contribution in [1.82, 2.24) is 0 Å². The minimum atomic E-state index is -1.82. The summed E-state index contributed by atoms with van der Waals surface area (Å²) in [6.07, 6.45) is -12.0. The molecule has 0 aromatic heterocycles. The summed E-state index contributed by atoms with van der Waals surface area (Å²) in [6.45, 7) is 10.4. The van der Waals surface area contributed by atoms with Crippen molar-refractivity contribution in [2.75, 3.05) is 19.8 Å².